The van der Waals surface area contributed by atoms with E-state index in [-0.39, 0.29) is 5.54 Å². The summed E-state index contributed by atoms with van der Waals surface area (Å²) >= 11 is 0. The van der Waals surface area contributed by atoms with E-state index in [0.717, 1.165) is 52.3 Å². The summed E-state index contributed by atoms with van der Waals surface area (Å²) in [4.78, 5) is 11.9. The zero-order valence-electron chi connectivity index (χ0n) is 17.5. The highest BCUT2D eigenvalue weighted by Crippen LogP contribution is 2.35. The summed E-state index contributed by atoms with van der Waals surface area (Å²) in [5.41, 5.74) is 4.57. The van der Waals surface area contributed by atoms with E-state index < -0.39 is 0 Å². The van der Waals surface area contributed by atoms with Crippen molar-refractivity contribution in [3.8, 4) is 22.5 Å². The molecule has 0 radical (unpaired) electrons. The molecule has 4 aromatic heterocycles. The fourth-order valence-electron chi connectivity index (χ4n) is 3.75. The molecule has 4 aromatic rings. The van der Waals surface area contributed by atoms with Gasteiger partial charge in [0.1, 0.15) is 17.0 Å². The number of pyridine rings is 2. The smallest absolute Gasteiger partial charge is 0.130 e. The van der Waals surface area contributed by atoms with Crippen molar-refractivity contribution in [3.05, 3.63) is 43.0 Å². The number of ether oxygens (including phenoxy) is 1. The predicted molar refractivity (Wildman–Crippen MR) is 116 cm³/mol. The van der Waals surface area contributed by atoms with Crippen molar-refractivity contribution in [1.29, 1.82) is 0 Å². The maximum Gasteiger partial charge on any atom is 0.130 e. The van der Waals surface area contributed by atoms with Crippen LogP contribution in [0, 0.1) is 0 Å². The van der Waals surface area contributed by atoms with Crippen LogP contribution >= 0.6 is 0 Å². The van der Waals surface area contributed by atoms with Gasteiger partial charge in [-0.25, -0.2) is 4.98 Å². The third kappa shape index (κ3) is 3.33. The molecule has 5 heterocycles. The van der Waals surface area contributed by atoms with Gasteiger partial charge in [0.05, 0.1) is 30.6 Å². The average molecular weight is 403 g/mol. The largest absolute Gasteiger partial charge is 0.378 e. The summed E-state index contributed by atoms with van der Waals surface area (Å²) in [6.45, 7) is 9.49. The zero-order valence-corrected chi connectivity index (χ0v) is 17.5. The molecule has 0 unspecified atom stereocenters. The van der Waals surface area contributed by atoms with Crippen molar-refractivity contribution in [2.75, 3.05) is 31.2 Å². The second-order valence-corrected chi connectivity index (χ2v) is 8.50. The average Bonchev–Trinajstić information content (AvgIpc) is 3.45. The second-order valence-electron chi connectivity index (χ2n) is 8.50. The highest BCUT2D eigenvalue weighted by atomic mass is 16.5. The van der Waals surface area contributed by atoms with Crippen LogP contribution in [-0.4, -0.2) is 56.2 Å². The minimum Gasteiger partial charge on any atom is -0.378 e. The lowest BCUT2D eigenvalue weighted by Crippen LogP contribution is -2.36. The minimum absolute atomic E-state index is 0.0866. The first kappa shape index (κ1) is 18.7. The Balaban J connectivity index is 1.74. The van der Waals surface area contributed by atoms with Gasteiger partial charge in [-0.05, 0) is 44.5 Å². The summed E-state index contributed by atoms with van der Waals surface area (Å²) in [6.07, 6.45) is 7.59. The number of fused-ring (bicyclic) bond motifs is 1. The number of hydrogen-bond donors (Lipinski definition) is 1. The molecular weight excluding hydrogens is 378 g/mol. The van der Waals surface area contributed by atoms with E-state index in [1.165, 1.54) is 0 Å². The quantitative estimate of drug-likeness (QED) is 0.564. The molecule has 0 amide bonds. The molecule has 1 N–H and O–H groups in total. The van der Waals surface area contributed by atoms with Gasteiger partial charge in [0.25, 0.3) is 0 Å². The molecule has 8 nitrogen and oxygen atoms in total. The van der Waals surface area contributed by atoms with E-state index in [0.29, 0.717) is 13.2 Å². The van der Waals surface area contributed by atoms with E-state index in [1.54, 1.807) is 6.20 Å². The normalized spacial score (nSPS) is 15.1. The highest BCUT2D eigenvalue weighted by molar-refractivity contribution is 6.01. The Kier molecular flexibility index (Phi) is 4.51. The fourth-order valence-corrected chi connectivity index (χ4v) is 3.75. The van der Waals surface area contributed by atoms with Crippen molar-refractivity contribution in [3.63, 3.8) is 0 Å². The van der Waals surface area contributed by atoms with Gasteiger partial charge in [-0.2, -0.15) is 10.2 Å². The maximum atomic E-state index is 5.54. The number of rotatable bonds is 3. The predicted octanol–water partition coefficient (Wildman–Crippen LogP) is 3.48. The number of aromatic amines is 1. The fraction of sp³-hybridized carbons (Fsp3) is 0.364. The molecule has 0 aromatic carbocycles. The lowest BCUT2D eigenvalue weighted by atomic mass is 10.0. The Hall–Kier alpha value is -3.26. The number of morpholine rings is 1. The lowest BCUT2D eigenvalue weighted by molar-refractivity contribution is 0.122. The van der Waals surface area contributed by atoms with Gasteiger partial charge >= 0.3 is 0 Å². The molecule has 1 aliphatic rings. The molecule has 5 rings (SSSR count). The number of H-pyrrole nitrogens is 1. The Labute approximate surface area is 174 Å². The number of nitrogens with zero attached hydrogens (tertiary/aromatic N) is 6. The van der Waals surface area contributed by atoms with E-state index in [4.69, 9.17) is 9.72 Å². The van der Waals surface area contributed by atoms with Gasteiger partial charge in [0, 0.05) is 42.6 Å². The number of aromatic nitrogens is 6. The van der Waals surface area contributed by atoms with Gasteiger partial charge in [-0.1, -0.05) is 0 Å². The SMILES string of the molecule is CC(C)(C)n1cc(-c2cc(N3CCOCC3)nc3c(-c4ccn[nH]4)nccc23)cn1. The Morgan fingerprint density at radius 2 is 1.93 bits per heavy atom. The molecule has 154 valence electrons. The van der Waals surface area contributed by atoms with E-state index in [1.807, 2.05) is 29.2 Å². The standard InChI is InChI=1S/C22H25N7O/c1-22(2,3)29-14-15(13-25-29)17-12-19(28-8-10-30-11-9-28)26-20-16(17)4-6-23-21(20)18-5-7-24-27-18/h4-7,12-14H,8-11H2,1-3H3,(H,24,27). The van der Waals surface area contributed by atoms with Crippen molar-refractivity contribution < 1.29 is 4.74 Å². The van der Waals surface area contributed by atoms with Gasteiger partial charge in [-0.15, -0.1) is 0 Å². The Morgan fingerprint density at radius 1 is 1.10 bits per heavy atom. The first-order valence-corrected chi connectivity index (χ1v) is 10.2. The first-order chi connectivity index (χ1) is 14.5. The van der Waals surface area contributed by atoms with E-state index in [9.17, 15) is 0 Å². The van der Waals surface area contributed by atoms with Crippen LogP contribution in [0.4, 0.5) is 5.82 Å². The van der Waals surface area contributed by atoms with Crippen molar-refractivity contribution in [2.24, 2.45) is 0 Å². The maximum absolute atomic E-state index is 5.54. The topological polar surface area (TPSA) is 84.8 Å². The van der Waals surface area contributed by atoms with Crippen molar-refractivity contribution in [2.45, 2.75) is 26.3 Å². The molecule has 8 heteroatoms. The van der Waals surface area contributed by atoms with Gasteiger partial charge in [-0.3, -0.25) is 14.8 Å². The van der Waals surface area contributed by atoms with Gasteiger partial charge < -0.3 is 9.64 Å². The van der Waals surface area contributed by atoms with Crippen molar-refractivity contribution in [1.82, 2.24) is 29.9 Å². The molecule has 1 fully saturated rings. The zero-order chi connectivity index (χ0) is 20.7. The summed E-state index contributed by atoms with van der Waals surface area (Å²) in [6, 6.07) is 6.10. The summed E-state index contributed by atoms with van der Waals surface area (Å²) in [7, 11) is 0. The van der Waals surface area contributed by atoms with Crippen LogP contribution in [0.3, 0.4) is 0 Å². The summed E-state index contributed by atoms with van der Waals surface area (Å²) in [5, 5.41) is 12.8. The van der Waals surface area contributed by atoms with Crippen LogP contribution in [0.15, 0.2) is 43.0 Å². The monoisotopic (exact) mass is 403 g/mol. The first-order valence-electron chi connectivity index (χ1n) is 10.2. The van der Waals surface area contributed by atoms with E-state index in [2.05, 4.69) is 58.2 Å². The molecule has 1 aliphatic heterocycles. The summed E-state index contributed by atoms with van der Waals surface area (Å²) in [5.74, 6) is 0.929. The Bertz CT molecular complexity index is 1170. The Morgan fingerprint density at radius 3 is 2.63 bits per heavy atom. The van der Waals surface area contributed by atoms with E-state index >= 15 is 0 Å². The molecule has 0 spiro atoms. The molecule has 0 atom stereocenters. The minimum atomic E-state index is -0.0866. The van der Waals surface area contributed by atoms with Crippen LogP contribution in [0.1, 0.15) is 20.8 Å². The molecule has 0 aliphatic carbocycles. The number of hydrogen-bond acceptors (Lipinski definition) is 6. The van der Waals surface area contributed by atoms with Gasteiger partial charge in [0.2, 0.25) is 0 Å². The third-order valence-electron chi connectivity index (χ3n) is 5.39. The van der Waals surface area contributed by atoms with Crippen molar-refractivity contribution >= 4 is 16.7 Å². The van der Waals surface area contributed by atoms with Crippen LogP contribution in [0.5, 0.6) is 0 Å². The molecule has 0 saturated carbocycles. The lowest BCUT2D eigenvalue weighted by Gasteiger charge is -2.28. The van der Waals surface area contributed by atoms with Crippen LogP contribution < -0.4 is 4.90 Å². The second kappa shape index (κ2) is 7.21. The molecule has 0 bridgehead atoms. The molecule has 1 saturated heterocycles. The molecule has 30 heavy (non-hydrogen) atoms. The number of nitrogens with one attached hydrogen (secondary N) is 1. The van der Waals surface area contributed by atoms with Crippen LogP contribution in [-0.2, 0) is 10.3 Å². The van der Waals surface area contributed by atoms with Gasteiger partial charge in [0.15, 0.2) is 0 Å². The summed E-state index contributed by atoms with van der Waals surface area (Å²) < 4.78 is 7.54. The van der Waals surface area contributed by atoms with Crippen LogP contribution in [0.2, 0.25) is 0 Å². The van der Waals surface area contributed by atoms with Crippen LogP contribution in [0.25, 0.3) is 33.4 Å². The molecular formula is C22H25N7O. The highest BCUT2D eigenvalue weighted by Gasteiger charge is 2.21. The number of anilines is 1. The third-order valence-corrected chi connectivity index (χ3v) is 5.39.